The van der Waals surface area contributed by atoms with Crippen LogP contribution < -0.4 is 5.43 Å². The minimum atomic E-state index is 0.0156. The molecule has 0 unspecified atom stereocenters. The lowest BCUT2D eigenvalue weighted by Crippen LogP contribution is -2.05. The van der Waals surface area contributed by atoms with Crippen molar-refractivity contribution in [3.63, 3.8) is 0 Å². The molecule has 2 aromatic heterocycles. The molecule has 0 radical (unpaired) electrons. The molecule has 0 fully saturated rings. The molecule has 0 saturated carbocycles. The van der Waals surface area contributed by atoms with E-state index in [0.717, 1.165) is 37.1 Å². The Morgan fingerprint density at radius 3 is 2.75 bits per heavy atom. The Kier molecular flexibility index (Phi) is 3.08. The summed E-state index contributed by atoms with van der Waals surface area (Å²) in [7, 11) is 0. The van der Waals surface area contributed by atoms with Crippen LogP contribution in [0.1, 0.15) is 38.1 Å². The van der Waals surface area contributed by atoms with Crippen molar-refractivity contribution in [1.82, 2.24) is 10.1 Å². The third-order valence-corrected chi connectivity index (χ3v) is 2.59. The Hall–Kier alpha value is -1.58. The average molecular weight is 220 g/mol. The Morgan fingerprint density at radius 1 is 1.31 bits per heavy atom. The van der Waals surface area contributed by atoms with Gasteiger partial charge in [0.1, 0.15) is 5.39 Å². The van der Waals surface area contributed by atoms with E-state index in [1.165, 1.54) is 0 Å². The van der Waals surface area contributed by atoms with Gasteiger partial charge in [0.2, 0.25) is 5.71 Å². The van der Waals surface area contributed by atoms with Gasteiger partial charge in [-0.15, -0.1) is 0 Å². The first-order valence-corrected chi connectivity index (χ1v) is 5.76. The first-order chi connectivity index (χ1) is 7.76. The van der Waals surface area contributed by atoms with E-state index in [0.29, 0.717) is 11.1 Å². The number of aromatic amines is 1. The smallest absolute Gasteiger partial charge is 0.240 e. The predicted octanol–water partition coefficient (Wildman–Crippen LogP) is 2.42. The quantitative estimate of drug-likeness (QED) is 0.860. The van der Waals surface area contributed by atoms with Gasteiger partial charge in [0.05, 0.1) is 5.69 Å². The molecule has 0 spiro atoms. The molecule has 4 heteroatoms. The zero-order valence-electron chi connectivity index (χ0n) is 9.67. The van der Waals surface area contributed by atoms with Gasteiger partial charge in [0.15, 0.2) is 5.43 Å². The van der Waals surface area contributed by atoms with Crippen LogP contribution in [0.15, 0.2) is 15.4 Å². The summed E-state index contributed by atoms with van der Waals surface area (Å²) in [5, 5.41) is 4.55. The van der Waals surface area contributed by atoms with Crippen molar-refractivity contribution in [2.75, 3.05) is 0 Å². The number of aryl methyl sites for hydroxylation is 2. The molecule has 2 aromatic rings. The second-order valence-electron chi connectivity index (χ2n) is 3.99. The van der Waals surface area contributed by atoms with Gasteiger partial charge in [0.25, 0.3) is 0 Å². The second-order valence-corrected chi connectivity index (χ2v) is 3.99. The minimum Gasteiger partial charge on any atom is -0.337 e. The number of fused-ring (bicyclic) bond motifs is 1. The molecule has 0 saturated heterocycles. The predicted molar refractivity (Wildman–Crippen MR) is 62.6 cm³/mol. The van der Waals surface area contributed by atoms with Gasteiger partial charge in [-0.25, -0.2) is 0 Å². The highest BCUT2D eigenvalue weighted by molar-refractivity contribution is 5.75. The van der Waals surface area contributed by atoms with E-state index >= 15 is 0 Å². The number of hydrogen-bond donors (Lipinski definition) is 1. The standard InChI is InChI=1S/C12H16N2O2/c1-3-5-8-7-10(15)11-9(6-4-2)14-16-12(11)13-8/h7H,3-6H2,1-2H3,(H,13,15). The number of H-pyrrole nitrogens is 1. The third-order valence-electron chi connectivity index (χ3n) is 2.59. The molecule has 0 atom stereocenters. The van der Waals surface area contributed by atoms with Crippen LogP contribution in [-0.4, -0.2) is 10.1 Å². The summed E-state index contributed by atoms with van der Waals surface area (Å²) in [6.07, 6.45) is 3.59. The first-order valence-electron chi connectivity index (χ1n) is 5.76. The van der Waals surface area contributed by atoms with Gasteiger partial charge in [-0.1, -0.05) is 31.8 Å². The molecule has 2 heterocycles. The van der Waals surface area contributed by atoms with Crippen molar-refractivity contribution in [1.29, 1.82) is 0 Å². The SMILES string of the molecule is CCCc1cc(=O)c2c(CCC)noc2[nH]1. The highest BCUT2D eigenvalue weighted by Crippen LogP contribution is 2.14. The van der Waals surface area contributed by atoms with Gasteiger partial charge in [-0.05, 0) is 12.8 Å². The molecule has 0 bridgehead atoms. The maximum Gasteiger partial charge on any atom is 0.240 e. The molecule has 0 aromatic carbocycles. The summed E-state index contributed by atoms with van der Waals surface area (Å²) in [5.41, 5.74) is 2.21. The Morgan fingerprint density at radius 2 is 2.06 bits per heavy atom. The third kappa shape index (κ3) is 1.87. The number of rotatable bonds is 4. The Balaban J connectivity index is 2.55. The summed E-state index contributed by atoms with van der Waals surface area (Å²) in [6.45, 7) is 4.13. The molecular formula is C12H16N2O2. The van der Waals surface area contributed by atoms with Gasteiger partial charge in [-0.2, -0.15) is 0 Å². The molecule has 0 aliphatic heterocycles. The van der Waals surface area contributed by atoms with Crippen LogP contribution in [-0.2, 0) is 12.8 Å². The first kappa shape index (κ1) is 10.9. The number of nitrogens with one attached hydrogen (secondary N) is 1. The number of aromatic nitrogens is 2. The summed E-state index contributed by atoms with van der Waals surface area (Å²) in [5.74, 6) is 0. The normalized spacial score (nSPS) is 11.1. The van der Waals surface area contributed by atoms with Crippen molar-refractivity contribution < 1.29 is 4.52 Å². The van der Waals surface area contributed by atoms with E-state index in [9.17, 15) is 4.79 Å². The molecule has 0 amide bonds. The van der Waals surface area contributed by atoms with Crippen LogP contribution in [0, 0.1) is 0 Å². The summed E-state index contributed by atoms with van der Waals surface area (Å²) >= 11 is 0. The topological polar surface area (TPSA) is 58.9 Å². The average Bonchev–Trinajstić information content (AvgIpc) is 2.63. The lowest BCUT2D eigenvalue weighted by atomic mass is 10.1. The van der Waals surface area contributed by atoms with E-state index in [1.807, 2.05) is 0 Å². The molecule has 16 heavy (non-hydrogen) atoms. The lowest BCUT2D eigenvalue weighted by Gasteiger charge is -1.97. The van der Waals surface area contributed by atoms with Gasteiger partial charge in [-0.3, -0.25) is 4.79 Å². The van der Waals surface area contributed by atoms with Crippen LogP contribution in [0.4, 0.5) is 0 Å². The zero-order valence-corrected chi connectivity index (χ0v) is 9.67. The van der Waals surface area contributed by atoms with E-state index in [1.54, 1.807) is 6.07 Å². The van der Waals surface area contributed by atoms with Gasteiger partial charge in [0, 0.05) is 11.8 Å². The fourth-order valence-corrected chi connectivity index (χ4v) is 1.89. The van der Waals surface area contributed by atoms with Crippen LogP contribution in [0.5, 0.6) is 0 Å². The van der Waals surface area contributed by atoms with Crippen LogP contribution >= 0.6 is 0 Å². The van der Waals surface area contributed by atoms with Crippen molar-refractivity contribution in [2.45, 2.75) is 39.5 Å². The molecule has 0 aliphatic rings. The van der Waals surface area contributed by atoms with Crippen molar-refractivity contribution in [3.05, 3.63) is 27.7 Å². The maximum absolute atomic E-state index is 11.9. The van der Waals surface area contributed by atoms with Crippen molar-refractivity contribution >= 4 is 11.1 Å². The Labute approximate surface area is 93.6 Å². The van der Waals surface area contributed by atoms with Crippen LogP contribution in [0.3, 0.4) is 0 Å². The fraction of sp³-hybridized carbons (Fsp3) is 0.500. The number of nitrogens with zero attached hydrogens (tertiary/aromatic N) is 1. The van der Waals surface area contributed by atoms with Crippen molar-refractivity contribution in [3.8, 4) is 0 Å². The van der Waals surface area contributed by atoms with Gasteiger partial charge < -0.3 is 9.51 Å². The highest BCUT2D eigenvalue weighted by Gasteiger charge is 2.12. The second kappa shape index (κ2) is 4.51. The summed E-state index contributed by atoms with van der Waals surface area (Å²) in [4.78, 5) is 15.0. The molecule has 2 rings (SSSR count). The van der Waals surface area contributed by atoms with Crippen molar-refractivity contribution in [2.24, 2.45) is 0 Å². The minimum absolute atomic E-state index is 0.0156. The van der Waals surface area contributed by atoms with E-state index < -0.39 is 0 Å². The van der Waals surface area contributed by atoms with E-state index in [2.05, 4.69) is 24.0 Å². The molecule has 4 nitrogen and oxygen atoms in total. The molecule has 1 N–H and O–H groups in total. The zero-order chi connectivity index (χ0) is 11.5. The summed E-state index contributed by atoms with van der Waals surface area (Å²) in [6, 6.07) is 1.65. The largest absolute Gasteiger partial charge is 0.337 e. The monoisotopic (exact) mass is 220 g/mol. The number of pyridine rings is 1. The fourth-order valence-electron chi connectivity index (χ4n) is 1.89. The number of hydrogen-bond acceptors (Lipinski definition) is 3. The maximum atomic E-state index is 11.9. The molecule has 0 aliphatic carbocycles. The van der Waals surface area contributed by atoms with Gasteiger partial charge >= 0.3 is 0 Å². The van der Waals surface area contributed by atoms with Crippen LogP contribution in [0.25, 0.3) is 11.1 Å². The van der Waals surface area contributed by atoms with E-state index in [-0.39, 0.29) is 5.43 Å². The Bertz CT molecular complexity index is 539. The highest BCUT2D eigenvalue weighted by atomic mass is 16.5. The molecular weight excluding hydrogens is 204 g/mol. The van der Waals surface area contributed by atoms with Crippen LogP contribution in [0.2, 0.25) is 0 Å². The summed E-state index contributed by atoms with van der Waals surface area (Å²) < 4.78 is 5.16. The molecule has 86 valence electrons. The lowest BCUT2D eigenvalue weighted by molar-refractivity contribution is 0.437. The van der Waals surface area contributed by atoms with E-state index in [4.69, 9.17) is 4.52 Å².